The zero-order valence-corrected chi connectivity index (χ0v) is 41.6. The van der Waals surface area contributed by atoms with Gasteiger partial charge in [-0.2, -0.15) is 79.1 Å². The maximum atomic E-state index is 12.6. The Balaban J connectivity index is 0.000000385. The smallest absolute Gasteiger partial charge is 0.426 e. The van der Waals surface area contributed by atoms with Crippen LogP contribution in [0.3, 0.4) is 0 Å². The highest BCUT2D eigenvalue weighted by atomic mass is 32.2. The second-order valence-corrected chi connectivity index (χ2v) is 18.5. The molecule has 2 aromatic rings. The number of ether oxygens (including phenoxy) is 1. The number of rotatable bonds is 7. The van der Waals surface area contributed by atoms with Crippen LogP contribution in [0.4, 0.5) is 68.9 Å². The summed E-state index contributed by atoms with van der Waals surface area (Å²) in [6, 6.07) is 13.0. The van der Waals surface area contributed by atoms with E-state index in [2.05, 4.69) is 76.7 Å². The van der Waals surface area contributed by atoms with E-state index in [9.17, 15) is 57.5 Å². The number of aliphatic hydroxyl groups excluding tert-OH is 1. The molecule has 0 spiro atoms. The molecule has 4 N–H and O–H groups in total. The van der Waals surface area contributed by atoms with Crippen molar-refractivity contribution in [3.63, 3.8) is 0 Å². The van der Waals surface area contributed by atoms with Crippen molar-refractivity contribution in [2.24, 2.45) is 11.8 Å². The minimum Gasteiger partial charge on any atom is -0.426 e. The summed E-state index contributed by atoms with van der Waals surface area (Å²) < 4.78 is 191. The van der Waals surface area contributed by atoms with E-state index < -0.39 is 64.0 Å². The van der Waals surface area contributed by atoms with Crippen molar-refractivity contribution in [3.8, 4) is 0 Å². The van der Waals surface area contributed by atoms with Gasteiger partial charge >= 0.3 is 51.8 Å². The summed E-state index contributed by atoms with van der Waals surface area (Å²) in [7, 11) is -5.22. The molecule has 0 saturated carbocycles. The molecule has 4 fully saturated rings. The summed E-state index contributed by atoms with van der Waals surface area (Å²) in [5, 5.41) is 10.9. The third kappa shape index (κ3) is 22.8. The van der Waals surface area contributed by atoms with Gasteiger partial charge in [0.25, 0.3) is 6.10 Å². The molecule has 4 heterocycles. The fraction of sp³-hybridized carbons (Fsp3) is 0.698. The standard InChI is InChI=1S/C22H29F6N3O2.C18H29N3.C3H2F6O.2HNO2S/c1-15-6-8-30(9-7-15)18-5-3-4-17(16(18)2)14-29-10-12-31(13-11-29)20(32)33-19(21(23,24)25)22(26,27)28;1-15-6-10-21(11-7-15)18-5-3-4-17(16(18)2)14-20-12-8-19-9-13-20;4-2(5,6)1(10)3(7,8)9;2*1-4(2)3/h3-5,15,19H,6-14H2,1-2H3;3-5,15,19H,6-14H2,1-2H3;1,10H;2*1H. The summed E-state index contributed by atoms with van der Waals surface area (Å²) in [5.41, 5.74) is 7.92. The lowest BCUT2D eigenvalue weighted by Crippen LogP contribution is -2.52. The Morgan fingerprint density at radius 3 is 1.25 bits per heavy atom. The molecule has 29 heteroatoms. The molecule has 72 heavy (non-hydrogen) atoms. The van der Waals surface area contributed by atoms with Crippen LogP contribution in [0.1, 0.15) is 61.8 Å². The molecule has 2 aromatic carbocycles. The number of alkyl halides is 12. The van der Waals surface area contributed by atoms with E-state index in [1.54, 1.807) is 0 Å². The molecule has 4 aliphatic rings. The van der Waals surface area contributed by atoms with E-state index in [1.165, 1.54) is 61.5 Å². The Morgan fingerprint density at radius 1 is 0.611 bits per heavy atom. The first-order valence-corrected chi connectivity index (χ1v) is 24.7. The fourth-order valence-electron chi connectivity index (χ4n) is 7.99. The van der Waals surface area contributed by atoms with Gasteiger partial charge in [0.05, 0.1) is 0 Å². The van der Waals surface area contributed by atoms with Gasteiger partial charge in [0.1, 0.15) is 0 Å². The maximum Gasteiger partial charge on any atom is 0.434 e. The zero-order chi connectivity index (χ0) is 54.8. The van der Waals surface area contributed by atoms with Crippen molar-refractivity contribution < 1.29 is 84.2 Å². The van der Waals surface area contributed by atoms with Crippen LogP contribution >= 0.6 is 0 Å². The Hall–Kier alpha value is -4.45. The molecule has 0 aromatic heterocycles. The van der Waals surface area contributed by atoms with Gasteiger partial charge in [0.15, 0.2) is 0 Å². The Labute approximate surface area is 413 Å². The van der Waals surface area contributed by atoms with Gasteiger partial charge in [-0.25, -0.2) is 4.79 Å². The van der Waals surface area contributed by atoms with Crippen molar-refractivity contribution in [3.05, 3.63) is 58.7 Å². The topological polar surface area (TPSA) is 191 Å². The lowest BCUT2D eigenvalue weighted by Gasteiger charge is -2.36. The highest BCUT2D eigenvalue weighted by molar-refractivity contribution is 7.60. The van der Waals surface area contributed by atoms with Gasteiger partial charge in [-0.3, -0.25) is 9.80 Å². The van der Waals surface area contributed by atoms with Gasteiger partial charge in [-0.1, -0.05) is 38.1 Å². The third-order valence-corrected chi connectivity index (χ3v) is 12.1. The predicted molar refractivity (Wildman–Crippen MR) is 242 cm³/mol. The van der Waals surface area contributed by atoms with Crippen LogP contribution in [-0.2, 0) is 38.8 Å². The predicted octanol–water partition coefficient (Wildman–Crippen LogP) is 8.34. The van der Waals surface area contributed by atoms with Crippen molar-refractivity contribution in [2.45, 2.75) is 103 Å². The number of nitrogens with one attached hydrogen (secondary N) is 3. The molecular weight excluding hydrogens is 1030 g/mol. The van der Waals surface area contributed by atoms with Crippen LogP contribution in [0.15, 0.2) is 36.4 Å². The van der Waals surface area contributed by atoms with Crippen LogP contribution in [0.25, 0.3) is 0 Å². The van der Waals surface area contributed by atoms with Crippen LogP contribution in [0.5, 0.6) is 0 Å². The molecule has 4 aliphatic heterocycles. The Kier molecular flexibility index (Phi) is 25.5. The molecule has 6 rings (SSSR count). The summed E-state index contributed by atoms with van der Waals surface area (Å²) in [6.45, 7) is 20.4. The first kappa shape index (κ1) is 63.7. The van der Waals surface area contributed by atoms with Crippen LogP contribution < -0.4 is 15.1 Å². The monoisotopic (exact) mass is 1090 g/mol. The number of nitrogens with zero attached hydrogens (tertiary/aromatic N) is 5. The number of piperidine rings is 2. The Bertz CT molecular complexity index is 2140. The molecule has 1 amide bonds. The molecule has 15 nitrogen and oxygen atoms in total. The number of hydrogen-bond donors (Lipinski definition) is 4. The number of benzene rings is 2. The SMILES string of the molecule is Cc1c(CN2CCN(C(=O)OC(C(F)(F)F)C(F)(F)F)CC2)cccc1N1CCC(C)CC1.Cc1c(CN2CCNCC2)cccc1N1CCC(C)CC1.N=S(=O)=O.N=S(=O)=O.OC(C(F)(F)F)C(F)(F)F. The van der Waals surface area contributed by atoms with Crippen molar-refractivity contribution >= 4 is 38.5 Å². The second-order valence-electron chi connectivity index (χ2n) is 17.6. The molecule has 0 unspecified atom stereocenters. The van der Waals surface area contributed by atoms with Gasteiger partial charge in [-0.05, 0) is 85.8 Å². The Morgan fingerprint density at radius 2 is 0.944 bits per heavy atom. The van der Waals surface area contributed by atoms with E-state index in [0.717, 1.165) is 73.4 Å². The highest BCUT2D eigenvalue weighted by Crippen LogP contribution is 2.37. The number of aliphatic hydroxyl groups is 1. The largest absolute Gasteiger partial charge is 0.434 e. The van der Waals surface area contributed by atoms with Crippen molar-refractivity contribution in [1.82, 2.24) is 20.0 Å². The summed E-state index contributed by atoms with van der Waals surface area (Å²) in [5.74, 6) is 1.61. The molecular formula is C43H62F12N8O7S2. The molecule has 4 saturated heterocycles. The van der Waals surface area contributed by atoms with Gasteiger partial charge in [0.2, 0.25) is 6.10 Å². The van der Waals surface area contributed by atoms with E-state index in [1.807, 2.05) is 17.0 Å². The lowest BCUT2D eigenvalue weighted by molar-refractivity contribution is -0.309. The van der Waals surface area contributed by atoms with E-state index in [-0.39, 0.29) is 13.1 Å². The average Bonchev–Trinajstić information content (AvgIpc) is 3.27. The number of hydrogen-bond acceptors (Lipinski definition) is 14. The van der Waals surface area contributed by atoms with Crippen molar-refractivity contribution in [1.29, 1.82) is 9.56 Å². The van der Waals surface area contributed by atoms with E-state index in [0.29, 0.717) is 19.6 Å². The molecule has 412 valence electrons. The minimum absolute atomic E-state index is 0.00990. The number of halogens is 12. The quantitative estimate of drug-likeness (QED) is 0.194. The molecule has 0 aliphatic carbocycles. The zero-order valence-electron chi connectivity index (χ0n) is 40.0. The first-order chi connectivity index (χ1) is 33.2. The summed E-state index contributed by atoms with van der Waals surface area (Å²) >= 11 is 0. The number of amides is 1. The average molecular weight is 1100 g/mol. The molecule has 0 atom stereocenters. The van der Waals surface area contributed by atoms with Crippen LogP contribution in [0.2, 0.25) is 0 Å². The number of carbonyl (C=O) groups is 1. The van der Waals surface area contributed by atoms with Crippen molar-refractivity contribution in [2.75, 3.05) is 88.3 Å². The normalized spacial score (nSPS) is 17.8. The molecule has 0 bridgehead atoms. The number of anilines is 2. The summed E-state index contributed by atoms with van der Waals surface area (Å²) in [6.07, 6.45) is -27.7. The third-order valence-electron chi connectivity index (χ3n) is 12.1. The summed E-state index contributed by atoms with van der Waals surface area (Å²) in [4.78, 5) is 22.4. The number of piperazine rings is 2. The maximum absolute atomic E-state index is 12.6. The van der Waals surface area contributed by atoms with E-state index in [4.69, 9.17) is 31.5 Å². The molecule has 0 radical (unpaired) electrons. The first-order valence-electron chi connectivity index (χ1n) is 22.6. The number of carbonyl (C=O) groups excluding carboxylic acids is 1. The van der Waals surface area contributed by atoms with Gasteiger partial charge < -0.3 is 29.9 Å². The second kappa shape index (κ2) is 28.9. The lowest BCUT2D eigenvalue weighted by atomic mass is 9.97. The minimum atomic E-state index is -5.72. The van der Waals surface area contributed by atoms with E-state index >= 15 is 0 Å². The van der Waals surface area contributed by atoms with Crippen LogP contribution in [-0.4, -0.2) is 158 Å². The highest BCUT2D eigenvalue weighted by Gasteiger charge is 2.60. The fourth-order valence-corrected chi connectivity index (χ4v) is 7.99. The van der Waals surface area contributed by atoms with Gasteiger partial charge in [-0.15, -0.1) is 0 Å². The van der Waals surface area contributed by atoms with Crippen LogP contribution in [0, 0.1) is 35.2 Å². The van der Waals surface area contributed by atoms with Gasteiger partial charge in [0, 0.05) is 103 Å².